The molecule has 0 radical (unpaired) electrons. The van der Waals surface area contributed by atoms with E-state index in [2.05, 4.69) is 36.9 Å². The number of aromatic hydroxyl groups is 1. The Morgan fingerprint density at radius 1 is 1.44 bits per heavy atom. The van der Waals surface area contributed by atoms with E-state index in [-0.39, 0.29) is 18.7 Å². The number of carbonyl (C=O) groups is 1. The van der Waals surface area contributed by atoms with Crippen molar-refractivity contribution in [2.45, 2.75) is 12.5 Å². The van der Waals surface area contributed by atoms with Gasteiger partial charge in [0.1, 0.15) is 5.75 Å². The van der Waals surface area contributed by atoms with Gasteiger partial charge in [0.15, 0.2) is 0 Å². The highest BCUT2D eigenvalue weighted by Crippen LogP contribution is 2.30. The van der Waals surface area contributed by atoms with Crippen LogP contribution in [0.25, 0.3) is 0 Å². The molecule has 1 aromatic rings. The van der Waals surface area contributed by atoms with Crippen molar-refractivity contribution in [3.8, 4) is 5.75 Å². The lowest BCUT2D eigenvalue weighted by Crippen LogP contribution is -2.16. The molecule has 0 fully saturated rings. The highest BCUT2D eigenvalue weighted by molar-refractivity contribution is 9.11. The first-order valence-electron chi connectivity index (χ1n) is 4.98. The lowest BCUT2D eigenvalue weighted by molar-refractivity contribution is -0.139. The van der Waals surface area contributed by atoms with E-state index < -0.39 is 12.1 Å². The average molecular weight is 381 g/mol. The molecule has 0 heterocycles. The molecular weight excluding hydrogens is 370 g/mol. The van der Waals surface area contributed by atoms with E-state index in [0.29, 0.717) is 10.0 Å². The fraction of sp³-hybridized carbons (Fsp3) is 0.273. The van der Waals surface area contributed by atoms with Crippen molar-refractivity contribution in [2.75, 3.05) is 6.54 Å². The van der Waals surface area contributed by atoms with Gasteiger partial charge in [-0.05, 0) is 28.1 Å². The van der Waals surface area contributed by atoms with E-state index in [4.69, 9.17) is 5.11 Å². The Kier molecular flexibility index (Phi) is 5.77. The third-order valence-corrected chi connectivity index (χ3v) is 3.08. The van der Waals surface area contributed by atoms with Gasteiger partial charge in [-0.15, -0.1) is 0 Å². The Morgan fingerprint density at radius 2 is 2.11 bits per heavy atom. The van der Waals surface area contributed by atoms with Gasteiger partial charge in [0.05, 0.1) is 23.5 Å². The Bertz CT molecular complexity index is 476. The van der Waals surface area contributed by atoms with Crippen LogP contribution in [0.4, 0.5) is 0 Å². The molecule has 0 bridgehead atoms. The number of carboxylic acids is 1. The van der Waals surface area contributed by atoms with Gasteiger partial charge in [-0.25, -0.2) is 0 Å². The number of hydrogen-bond acceptors (Lipinski definition) is 4. The number of aliphatic carboxylic acids is 1. The maximum Gasteiger partial charge on any atom is 0.306 e. The second-order valence-corrected chi connectivity index (χ2v) is 5.34. The smallest absolute Gasteiger partial charge is 0.306 e. The van der Waals surface area contributed by atoms with Crippen LogP contribution in [-0.2, 0) is 4.79 Å². The van der Waals surface area contributed by atoms with Crippen LogP contribution in [-0.4, -0.2) is 40.2 Å². The average Bonchev–Trinajstić information content (AvgIpc) is 2.23. The molecule has 1 unspecified atom stereocenters. The minimum absolute atomic E-state index is 0.0319. The van der Waals surface area contributed by atoms with Gasteiger partial charge in [-0.3, -0.25) is 9.79 Å². The molecule has 0 spiro atoms. The van der Waals surface area contributed by atoms with Crippen LogP contribution in [0.2, 0.25) is 0 Å². The first-order valence-corrected chi connectivity index (χ1v) is 6.56. The molecule has 1 aromatic carbocycles. The second-order valence-electron chi connectivity index (χ2n) is 3.57. The molecule has 0 aliphatic rings. The number of phenols is 1. The summed E-state index contributed by atoms with van der Waals surface area (Å²) in [4.78, 5) is 14.2. The summed E-state index contributed by atoms with van der Waals surface area (Å²) in [6.45, 7) is -0.0319. The summed E-state index contributed by atoms with van der Waals surface area (Å²) in [6, 6.07) is 3.35. The zero-order valence-corrected chi connectivity index (χ0v) is 12.3. The quantitative estimate of drug-likeness (QED) is 0.683. The monoisotopic (exact) mass is 379 g/mol. The van der Waals surface area contributed by atoms with Gasteiger partial charge < -0.3 is 15.3 Å². The normalized spacial score (nSPS) is 12.8. The lowest BCUT2D eigenvalue weighted by Gasteiger charge is -2.05. The number of hydrogen-bond donors (Lipinski definition) is 3. The van der Waals surface area contributed by atoms with Crippen molar-refractivity contribution in [3.05, 3.63) is 26.6 Å². The van der Waals surface area contributed by atoms with Gasteiger partial charge in [0.25, 0.3) is 0 Å². The standard InChI is InChI=1S/C11H11Br2NO4/c12-7-1-6(11(18)9(13)2-7)4-14-5-8(15)3-10(16)17/h1-2,4,8,15,18H,3,5H2,(H,16,17). The van der Waals surface area contributed by atoms with E-state index in [0.717, 1.165) is 4.47 Å². The van der Waals surface area contributed by atoms with Crippen molar-refractivity contribution in [3.63, 3.8) is 0 Å². The minimum Gasteiger partial charge on any atom is -0.506 e. The van der Waals surface area contributed by atoms with E-state index in [1.807, 2.05) is 0 Å². The van der Waals surface area contributed by atoms with Crippen LogP contribution in [0, 0.1) is 0 Å². The number of aliphatic hydroxyl groups excluding tert-OH is 1. The van der Waals surface area contributed by atoms with Crippen LogP contribution >= 0.6 is 31.9 Å². The van der Waals surface area contributed by atoms with Gasteiger partial charge in [0.2, 0.25) is 0 Å². The van der Waals surface area contributed by atoms with Crippen molar-refractivity contribution in [2.24, 2.45) is 4.99 Å². The molecule has 7 heteroatoms. The zero-order valence-electron chi connectivity index (χ0n) is 9.18. The van der Waals surface area contributed by atoms with Crippen molar-refractivity contribution in [1.29, 1.82) is 0 Å². The third kappa shape index (κ3) is 4.75. The van der Waals surface area contributed by atoms with Crippen molar-refractivity contribution < 1.29 is 20.1 Å². The summed E-state index contributed by atoms with van der Waals surface area (Å²) in [6.07, 6.45) is -0.00184. The summed E-state index contributed by atoms with van der Waals surface area (Å²) in [7, 11) is 0. The Hall–Kier alpha value is -0.920. The van der Waals surface area contributed by atoms with Gasteiger partial charge >= 0.3 is 5.97 Å². The first-order chi connectivity index (χ1) is 8.40. The molecule has 0 aliphatic carbocycles. The molecule has 0 saturated carbocycles. The van der Waals surface area contributed by atoms with Crippen LogP contribution in [0.15, 0.2) is 26.1 Å². The molecule has 0 saturated heterocycles. The molecule has 18 heavy (non-hydrogen) atoms. The van der Waals surface area contributed by atoms with Gasteiger partial charge in [0, 0.05) is 16.3 Å². The second kappa shape index (κ2) is 6.86. The number of nitrogens with zero attached hydrogens (tertiary/aromatic N) is 1. The maximum atomic E-state index is 10.3. The van der Waals surface area contributed by atoms with E-state index in [1.165, 1.54) is 6.21 Å². The summed E-state index contributed by atoms with van der Waals surface area (Å²) in [5.41, 5.74) is 0.471. The molecular formula is C11H11Br2NO4. The van der Waals surface area contributed by atoms with Crippen LogP contribution < -0.4 is 0 Å². The fourth-order valence-electron chi connectivity index (χ4n) is 1.22. The minimum atomic E-state index is -1.08. The van der Waals surface area contributed by atoms with E-state index in [9.17, 15) is 15.0 Å². The number of halogens is 2. The molecule has 0 aliphatic heterocycles. The molecule has 0 aromatic heterocycles. The van der Waals surface area contributed by atoms with E-state index in [1.54, 1.807) is 12.1 Å². The Balaban J connectivity index is 2.70. The topological polar surface area (TPSA) is 90.1 Å². The third-order valence-electron chi connectivity index (χ3n) is 2.01. The highest BCUT2D eigenvalue weighted by atomic mass is 79.9. The number of rotatable bonds is 5. The van der Waals surface area contributed by atoms with Crippen molar-refractivity contribution >= 4 is 44.0 Å². The van der Waals surface area contributed by atoms with Crippen LogP contribution in [0.1, 0.15) is 12.0 Å². The molecule has 98 valence electrons. The lowest BCUT2D eigenvalue weighted by atomic mass is 10.2. The predicted molar refractivity (Wildman–Crippen MR) is 74.2 cm³/mol. The molecule has 1 rings (SSSR count). The summed E-state index contributed by atoms with van der Waals surface area (Å²) in [5.74, 6) is -1.04. The van der Waals surface area contributed by atoms with Crippen LogP contribution in [0.5, 0.6) is 5.75 Å². The van der Waals surface area contributed by atoms with E-state index >= 15 is 0 Å². The number of benzene rings is 1. The Labute approximate surface area is 120 Å². The summed E-state index contributed by atoms with van der Waals surface area (Å²) >= 11 is 6.45. The highest BCUT2D eigenvalue weighted by Gasteiger charge is 2.08. The number of carboxylic acid groups (broad SMARTS) is 1. The predicted octanol–water partition coefficient (Wildman–Crippen LogP) is 2.17. The Morgan fingerprint density at radius 3 is 2.72 bits per heavy atom. The number of phenolic OH excluding ortho intramolecular Hbond substituents is 1. The SMILES string of the molecule is O=C(O)CC(O)CN=Cc1cc(Br)cc(Br)c1O. The molecule has 0 amide bonds. The zero-order chi connectivity index (χ0) is 13.7. The van der Waals surface area contributed by atoms with Crippen LogP contribution in [0.3, 0.4) is 0 Å². The largest absolute Gasteiger partial charge is 0.506 e. The number of aliphatic hydroxyl groups is 1. The maximum absolute atomic E-state index is 10.3. The summed E-state index contributed by atoms with van der Waals surface area (Å²) < 4.78 is 1.28. The molecule has 3 N–H and O–H groups in total. The summed E-state index contributed by atoms with van der Waals surface area (Å²) in [5, 5.41) is 27.5. The van der Waals surface area contributed by atoms with Gasteiger partial charge in [-0.2, -0.15) is 0 Å². The first kappa shape index (κ1) is 15.1. The fourth-order valence-corrected chi connectivity index (χ4v) is 2.48. The van der Waals surface area contributed by atoms with Gasteiger partial charge in [-0.1, -0.05) is 15.9 Å². The van der Waals surface area contributed by atoms with Crippen molar-refractivity contribution in [1.82, 2.24) is 0 Å². The molecule has 1 atom stereocenters. The molecule has 5 nitrogen and oxygen atoms in total. The number of aliphatic imine (C=N–C) groups is 1.